The zero-order valence-corrected chi connectivity index (χ0v) is 12.9. The zero-order chi connectivity index (χ0) is 13.9. The van der Waals surface area contributed by atoms with Crippen LogP contribution >= 0.6 is 11.6 Å². The van der Waals surface area contributed by atoms with Crippen LogP contribution in [0.15, 0.2) is 12.3 Å². The molecule has 2 heterocycles. The largest absolute Gasteiger partial charge is 0.356 e. The Balaban J connectivity index is 2.17. The van der Waals surface area contributed by atoms with Crippen molar-refractivity contribution in [1.82, 2.24) is 10.3 Å². The number of hydrogen-bond acceptors (Lipinski definition) is 3. The molecule has 0 saturated carbocycles. The van der Waals surface area contributed by atoms with Crippen LogP contribution in [0.4, 0.5) is 5.82 Å². The molecule has 0 aromatic carbocycles. The van der Waals surface area contributed by atoms with E-state index in [1.165, 1.54) is 19.3 Å². The Kier molecular flexibility index (Phi) is 4.69. The highest BCUT2D eigenvalue weighted by atomic mass is 35.5. The van der Waals surface area contributed by atoms with Crippen molar-refractivity contribution in [2.45, 2.75) is 39.7 Å². The van der Waals surface area contributed by atoms with Crippen LogP contribution in [0.25, 0.3) is 0 Å². The molecule has 1 aliphatic heterocycles. The lowest BCUT2D eigenvalue weighted by Gasteiger charge is -2.27. The SMILES string of the molecule is CCC1(CC)CCN(c2cc(CNC)c(Cl)cn2)C1. The summed E-state index contributed by atoms with van der Waals surface area (Å²) in [7, 11) is 1.94. The molecule has 0 radical (unpaired) electrons. The number of nitrogens with zero attached hydrogens (tertiary/aromatic N) is 2. The predicted molar refractivity (Wildman–Crippen MR) is 81.9 cm³/mol. The van der Waals surface area contributed by atoms with Crippen LogP contribution in [0, 0.1) is 5.41 Å². The van der Waals surface area contributed by atoms with E-state index in [9.17, 15) is 0 Å². The van der Waals surface area contributed by atoms with Crippen molar-refractivity contribution < 1.29 is 0 Å². The van der Waals surface area contributed by atoms with Gasteiger partial charge in [0.2, 0.25) is 0 Å². The molecule has 19 heavy (non-hydrogen) atoms. The molecule has 106 valence electrons. The van der Waals surface area contributed by atoms with Crippen molar-refractivity contribution in [3.63, 3.8) is 0 Å². The van der Waals surface area contributed by atoms with E-state index in [0.717, 1.165) is 36.0 Å². The van der Waals surface area contributed by atoms with Gasteiger partial charge in [-0.3, -0.25) is 0 Å². The van der Waals surface area contributed by atoms with Crippen LogP contribution in [-0.4, -0.2) is 25.1 Å². The van der Waals surface area contributed by atoms with Gasteiger partial charge in [0.1, 0.15) is 5.82 Å². The molecule has 0 amide bonds. The van der Waals surface area contributed by atoms with Crippen molar-refractivity contribution in [3.05, 3.63) is 22.8 Å². The first-order valence-electron chi connectivity index (χ1n) is 7.18. The monoisotopic (exact) mass is 281 g/mol. The third kappa shape index (κ3) is 3.03. The average molecular weight is 282 g/mol. The van der Waals surface area contributed by atoms with E-state index in [1.807, 2.05) is 7.05 Å². The number of hydrogen-bond donors (Lipinski definition) is 1. The summed E-state index contributed by atoms with van der Waals surface area (Å²) in [5.74, 6) is 1.07. The lowest BCUT2D eigenvalue weighted by atomic mass is 9.82. The predicted octanol–water partition coefficient (Wildman–Crippen LogP) is 3.47. The van der Waals surface area contributed by atoms with Crippen LogP contribution < -0.4 is 10.2 Å². The summed E-state index contributed by atoms with van der Waals surface area (Å²) in [5.41, 5.74) is 1.60. The second-order valence-electron chi connectivity index (χ2n) is 5.54. The van der Waals surface area contributed by atoms with Crippen molar-refractivity contribution in [1.29, 1.82) is 0 Å². The molecule has 1 aliphatic rings. The summed E-state index contributed by atoms with van der Waals surface area (Å²) in [5, 5.41) is 3.90. The van der Waals surface area contributed by atoms with Gasteiger partial charge in [-0.25, -0.2) is 4.98 Å². The minimum atomic E-state index is 0.477. The van der Waals surface area contributed by atoms with Crippen LogP contribution in [0.1, 0.15) is 38.7 Å². The maximum Gasteiger partial charge on any atom is 0.128 e. The van der Waals surface area contributed by atoms with Gasteiger partial charge in [0.05, 0.1) is 5.02 Å². The summed E-state index contributed by atoms with van der Waals surface area (Å²) >= 11 is 6.17. The Bertz CT molecular complexity index is 429. The number of anilines is 1. The van der Waals surface area contributed by atoms with Gasteiger partial charge in [-0.15, -0.1) is 0 Å². The molecule has 4 heteroatoms. The van der Waals surface area contributed by atoms with E-state index in [4.69, 9.17) is 11.6 Å². The zero-order valence-electron chi connectivity index (χ0n) is 12.2. The normalized spacial score (nSPS) is 18.0. The highest BCUT2D eigenvalue weighted by Crippen LogP contribution is 2.38. The summed E-state index contributed by atoms with van der Waals surface area (Å²) in [4.78, 5) is 6.91. The molecule has 0 aliphatic carbocycles. The van der Waals surface area contributed by atoms with Crippen LogP contribution in [-0.2, 0) is 6.54 Å². The van der Waals surface area contributed by atoms with Crippen molar-refractivity contribution in [2.24, 2.45) is 5.41 Å². The molecule has 2 rings (SSSR count). The molecule has 1 aromatic rings. The lowest BCUT2D eigenvalue weighted by Crippen LogP contribution is -2.26. The highest BCUT2D eigenvalue weighted by Gasteiger charge is 2.35. The maximum atomic E-state index is 6.17. The molecule has 1 fully saturated rings. The third-order valence-electron chi connectivity index (χ3n) is 4.55. The molecule has 1 saturated heterocycles. The van der Waals surface area contributed by atoms with E-state index >= 15 is 0 Å². The number of aromatic nitrogens is 1. The highest BCUT2D eigenvalue weighted by molar-refractivity contribution is 6.31. The topological polar surface area (TPSA) is 28.2 Å². The third-order valence-corrected chi connectivity index (χ3v) is 4.89. The van der Waals surface area contributed by atoms with Crippen molar-refractivity contribution in [3.8, 4) is 0 Å². The molecule has 0 atom stereocenters. The summed E-state index contributed by atoms with van der Waals surface area (Å²) in [6.07, 6.45) is 5.54. The Morgan fingerprint density at radius 3 is 2.74 bits per heavy atom. The van der Waals surface area contributed by atoms with Gasteiger partial charge in [0, 0.05) is 25.8 Å². The fourth-order valence-electron chi connectivity index (χ4n) is 2.92. The second-order valence-corrected chi connectivity index (χ2v) is 5.95. The van der Waals surface area contributed by atoms with Crippen LogP contribution in [0.5, 0.6) is 0 Å². The molecular weight excluding hydrogens is 258 g/mol. The Hall–Kier alpha value is -0.800. The first-order valence-corrected chi connectivity index (χ1v) is 7.56. The molecule has 1 N–H and O–H groups in total. The number of halogens is 1. The summed E-state index contributed by atoms with van der Waals surface area (Å²) in [6.45, 7) is 7.61. The molecular formula is C15H24ClN3. The second kappa shape index (κ2) is 6.10. The fourth-order valence-corrected chi connectivity index (χ4v) is 3.09. The molecule has 3 nitrogen and oxygen atoms in total. The minimum Gasteiger partial charge on any atom is -0.356 e. The molecule has 0 unspecified atom stereocenters. The average Bonchev–Trinajstić information content (AvgIpc) is 2.87. The Morgan fingerprint density at radius 1 is 1.42 bits per heavy atom. The number of rotatable bonds is 5. The van der Waals surface area contributed by atoms with Crippen LogP contribution in [0.2, 0.25) is 5.02 Å². The number of nitrogens with one attached hydrogen (secondary N) is 1. The van der Waals surface area contributed by atoms with Gasteiger partial charge < -0.3 is 10.2 Å². The van der Waals surface area contributed by atoms with E-state index in [0.29, 0.717) is 5.41 Å². The van der Waals surface area contributed by atoms with E-state index in [-0.39, 0.29) is 0 Å². The van der Waals surface area contributed by atoms with Gasteiger partial charge in [0.25, 0.3) is 0 Å². The standard InChI is InChI=1S/C15H24ClN3/c1-4-15(5-2)6-7-19(11-15)14-8-12(9-17-3)13(16)10-18-14/h8,10,17H,4-7,9,11H2,1-3H3. The van der Waals surface area contributed by atoms with Gasteiger partial charge in [0.15, 0.2) is 0 Å². The molecule has 0 spiro atoms. The van der Waals surface area contributed by atoms with Crippen molar-refractivity contribution in [2.75, 3.05) is 25.0 Å². The molecule has 1 aromatic heterocycles. The Morgan fingerprint density at radius 2 is 2.16 bits per heavy atom. The lowest BCUT2D eigenvalue weighted by molar-refractivity contribution is 0.301. The maximum absolute atomic E-state index is 6.17. The van der Waals surface area contributed by atoms with Gasteiger partial charge in [-0.2, -0.15) is 0 Å². The summed E-state index contributed by atoms with van der Waals surface area (Å²) < 4.78 is 0. The first kappa shape index (κ1) is 14.6. The quantitative estimate of drug-likeness (QED) is 0.896. The van der Waals surface area contributed by atoms with E-state index in [1.54, 1.807) is 6.20 Å². The summed E-state index contributed by atoms with van der Waals surface area (Å²) in [6, 6.07) is 2.13. The van der Waals surface area contributed by atoms with Gasteiger partial charge in [-0.05, 0) is 43.4 Å². The molecule has 0 bridgehead atoms. The van der Waals surface area contributed by atoms with Gasteiger partial charge >= 0.3 is 0 Å². The smallest absolute Gasteiger partial charge is 0.128 e. The van der Waals surface area contributed by atoms with E-state index in [2.05, 4.69) is 35.1 Å². The fraction of sp³-hybridized carbons (Fsp3) is 0.667. The minimum absolute atomic E-state index is 0.477. The van der Waals surface area contributed by atoms with Gasteiger partial charge in [-0.1, -0.05) is 25.4 Å². The number of pyridine rings is 1. The Labute approximate surface area is 121 Å². The van der Waals surface area contributed by atoms with E-state index < -0.39 is 0 Å². The first-order chi connectivity index (χ1) is 9.14. The van der Waals surface area contributed by atoms with Crippen molar-refractivity contribution >= 4 is 17.4 Å². The van der Waals surface area contributed by atoms with Crippen LogP contribution in [0.3, 0.4) is 0 Å².